The number of nitrogens with zero attached hydrogens (tertiary/aromatic N) is 2. The van der Waals surface area contributed by atoms with Gasteiger partial charge in [0.1, 0.15) is 0 Å². The van der Waals surface area contributed by atoms with Crippen LogP contribution in [0.5, 0.6) is 0 Å². The van der Waals surface area contributed by atoms with E-state index in [1.54, 1.807) is 36.4 Å². The molecule has 30 heavy (non-hydrogen) atoms. The number of nitro benzene ring substituents is 1. The molecule has 1 heterocycles. The maximum Gasteiger partial charge on any atom is 0.270 e. The average Bonchev–Trinajstić information content (AvgIpc) is 2.99. The van der Waals surface area contributed by atoms with Crippen molar-refractivity contribution in [2.45, 2.75) is 6.54 Å². The van der Waals surface area contributed by atoms with E-state index in [4.69, 9.17) is 0 Å². The summed E-state index contributed by atoms with van der Waals surface area (Å²) in [5, 5.41) is 13.7. The average molecular weight is 401 g/mol. The third-order valence-corrected chi connectivity index (χ3v) is 4.75. The van der Waals surface area contributed by atoms with Crippen molar-refractivity contribution in [3.05, 3.63) is 105 Å². The predicted molar refractivity (Wildman–Crippen MR) is 108 cm³/mol. The SMILES string of the molecule is O=C(Nc1ccccc1)c1ccc(CN2C(=O)c3ccc([N+](=O)[O-])cc3C2=O)cc1. The summed E-state index contributed by atoms with van der Waals surface area (Å²) in [6, 6.07) is 19.2. The number of carbonyl (C=O) groups is 3. The van der Waals surface area contributed by atoms with Gasteiger partial charge in [0.05, 0.1) is 22.6 Å². The minimum Gasteiger partial charge on any atom is -0.322 e. The number of nitrogens with one attached hydrogen (secondary N) is 1. The van der Waals surface area contributed by atoms with Crippen LogP contribution in [0.3, 0.4) is 0 Å². The molecule has 0 bridgehead atoms. The van der Waals surface area contributed by atoms with Crippen LogP contribution in [0.1, 0.15) is 36.6 Å². The van der Waals surface area contributed by atoms with Gasteiger partial charge in [0, 0.05) is 23.4 Å². The van der Waals surface area contributed by atoms with E-state index in [1.165, 1.54) is 12.1 Å². The van der Waals surface area contributed by atoms with E-state index in [-0.39, 0.29) is 29.3 Å². The molecule has 8 nitrogen and oxygen atoms in total. The molecule has 0 fully saturated rings. The van der Waals surface area contributed by atoms with Crippen LogP contribution in [0.15, 0.2) is 72.8 Å². The molecule has 3 aromatic rings. The molecule has 1 aliphatic heterocycles. The van der Waals surface area contributed by atoms with Gasteiger partial charge in [-0.2, -0.15) is 0 Å². The third kappa shape index (κ3) is 3.53. The van der Waals surface area contributed by atoms with E-state index in [9.17, 15) is 24.5 Å². The Bertz CT molecular complexity index is 1170. The lowest BCUT2D eigenvalue weighted by Gasteiger charge is -2.14. The van der Waals surface area contributed by atoms with Crippen LogP contribution in [-0.2, 0) is 6.54 Å². The standard InChI is InChI=1S/C22H15N3O5/c26-20(23-16-4-2-1-3-5-16)15-8-6-14(7-9-15)13-24-21(27)18-11-10-17(25(29)30)12-19(18)22(24)28/h1-12H,13H2,(H,23,26). The first-order valence-corrected chi connectivity index (χ1v) is 9.04. The van der Waals surface area contributed by atoms with Gasteiger partial charge in [-0.05, 0) is 35.9 Å². The van der Waals surface area contributed by atoms with Gasteiger partial charge in [0.15, 0.2) is 0 Å². The van der Waals surface area contributed by atoms with Crippen molar-refractivity contribution < 1.29 is 19.3 Å². The van der Waals surface area contributed by atoms with Crippen molar-refractivity contribution in [3.8, 4) is 0 Å². The van der Waals surface area contributed by atoms with E-state index in [2.05, 4.69) is 5.32 Å². The molecule has 0 aliphatic carbocycles. The number of para-hydroxylation sites is 1. The minimum absolute atomic E-state index is 0.000723. The molecule has 0 radical (unpaired) electrons. The summed E-state index contributed by atoms with van der Waals surface area (Å²) < 4.78 is 0. The molecule has 8 heteroatoms. The fourth-order valence-corrected chi connectivity index (χ4v) is 3.20. The van der Waals surface area contributed by atoms with Crippen LogP contribution in [0.4, 0.5) is 11.4 Å². The van der Waals surface area contributed by atoms with Crippen molar-refractivity contribution >= 4 is 29.1 Å². The van der Waals surface area contributed by atoms with E-state index >= 15 is 0 Å². The Balaban J connectivity index is 1.48. The molecule has 0 unspecified atom stereocenters. The smallest absolute Gasteiger partial charge is 0.270 e. The topological polar surface area (TPSA) is 110 Å². The number of imide groups is 1. The maximum atomic E-state index is 12.6. The number of amides is 3. The third-order valence-electron chi connectivity index (χ3n) is 4.75. The number of benzene rings is 3. The van der Waals surface area contributed by atoms with E-state index in [0.29, 0.717) is 16.8 Å². The number of nitro groups is 1. The van der Waals surface area contributed by atoms with Crippen molar-refractivity contribution in [2.24, 2.45) is 0 Å². The number of anilines is 1. The second-order valence-electron chi connectivity index (χ2n) is 6.70. The first-order valence-electron chi connectivity index (χ1n) is 9.04. The molecule has 3 aromatic carbocycles. The molecule has 3 amide bonds. The molecule has 0 aromatic heterocycles. The highest BCUT2D eigenvalue weighted by atomic mass is 16.6. The first-order chi connectivity index (χ1) is 14.4. The Kier molecular flexibility index (Phi) is 4.81. The van der Waals surface area contributed by atoms with Crippen LogP contribution in [0.2, 0.25) is 0 Å². The summed E-state index contributed by atoms with van der Waals surface area (Å²) in [7, 11) is 0. The minimum atomic E-state index is -0.611. The number of non-ortho nitro benzene ring substituents is 1. The maximum absolute atomic E-state index is 12.6. The summed E-state index contributed by atoms with van der Waals surface area (Å²) in [5.41, 5.74) is 1.67. The van der Waals surface area contributed by atoms with Crippen molar-refractivity contribution in [2.75, 3.05) is 5.32 Å². The van der Waals surface area contributed by atoms with E-state index in [1.807, 2.05) is 18.2 Å². The predicted octanol–water partition coefficient (Wildman–Crippen LogP) is 3.64. The fourth-order valence-electron chi connectivity index (χ4n) is 3.20. The zero-order valence-corrected chi connectivity index (χ0v) is 15.6. The lowest BCUT2D eigenvalue weighted by atomic mass is 10.1. The second kappa shape index (κ2) is 7.59. The number of fused-ring (bicyclic) bond motifs is 1. The van der Waals surface area contributed by atoms with Crippen LogP contribution >= 0.6 is 0 Å². The summed E-state index contributed by atoms with van der Waals surface area (Å²) in [4.78, 5) is 48.8. The summed E-state index contributed by atoms with van der Waals surface area (Å²) >= 11 is 0. The molecule has 148 valence electrons. The molecule has 0 atom stereocenters. The molecule has 0 saturated heterocycles. The quantitative estimate of drug-likeness (QED) is 0.399. The number of carbonyl (C=O) groups excluding carboxylic acids is 3. The van der Waals surface area contributed by atoms with Crippen molar-refractivity contribution in [1.82, 2.24) is 4.90 Å². The van der Waals surface area contributed by atoms with E-state index < -0.39 is 16.7 Å². The van der Waals surface area contributed by atoms with Gasteiger partial charge >= 0.3 is 0 Å². The summed E-state index contributed by atoms with van der Waals surface area (Å²) in [6.07, 6.45) is 0. The first kappa shape index (κ1) is 19.0. The zero-order chi connectivity index (χ0) is 21.3. The van der Waals surface area contributed by atoms with Crippen LogP contribution in [0, 0.1) is 10.1 Å². The van der Waals surface area contributed by atoms with Gasteiger partial charge in [0.25, 0.3) is 23.4 Å². The van der Waals surface area contributed by atoms with Gasteiger partial charge in [0.2, 0.25) is 0 Å². The Labute approximate surface area is 170 Å². The molecule has 4 rings (SSSR count). The monoisotopic (exact) mass is 401 g/mol. The molecule has 0 saturated carbocycles. The molecule has 1 aliphatic rings. The van der Waals surface area contributed by atoms with Gasteiger partial charge in [-0.1, -0.05) is 30.3 Å². The Morgan fingerprint density at radius 2 is 1.57 bits per heavy atom. The molecular formula is C22H15N3O5. The highest BCUT2D eigenvalue weighted by Crippen LogP contribution is 2.28. The molecule has 1 N–H and O–H groups in total. The second-order valence-corrected chi connectivity index (χ2v) is 6.70. The normalized spacial score (nSPS) is 12.6. The largest absolute Gasteiger partial charge is 0.322 e. The number of hydrogen-bond acceptors (Lipinski definition) is 5. The van der Waals surface area contributed by atoms with Gasteiger partial charge in [-0.15, -0.1) is 0 Å². The Hall–Kier alpha value is -4.33. The molecular weight excluding hydrogens is 386 g/mol. The zero-order valence-electron chi connectivity index (χ0n) is 15.6. The van der Waals surface area contributed by atoms with Crippen LogP contribution in [0.25, 0.3) is 0 Å². The Morgan fingerprint density at radius 1 is 0.900 bits per heavy atom. The number of rotatable bonds is 5. The summed E-state index contributed by atoms with van der Waals surface area (Å²) in [6.45, 7) is 0.000723. The highest BCUT2D eigenvalue weighted by molar-refractivity contribution is 6.21. The molecule has 0 spiro atoms. The van der Waals surface area contributed by atoms with Gasteiger partial charge in [-0.25, -0.2) is 0 Å². The van der Waals surface area contributed by atoms with E-state index in [0.717, 1.165) is 11.0 Å². The Morgan fingerprint density at radius 3 is 2.23 bits per heavy atom. The fraction of sp³-hybridized carbons (Fsp3) is 0.0455. The number of hydrogen-bond donors (Lipinski definition) is 1. The van der Waals surface area contributed by atoms with Crippen molar-refractivity contribution in [1.29, 1.82) is 0 Å². The summed E-state index contributed by atoms with van der Waals surface area (Å²) in [5.74, 6) is -1.36. The lowest BCUT2D eigenvalue weighted by Crippen LogP contribution is -2.29. The van der Waals surface area contributed by atoms with Gasteiger partial charge in [-0.3, -0.25) is 29.4 Å². The van der Waals surface area contributed by atoms with Gasteiger partial charge < -0.3 is 5.32 Å². The lowest BCUT2D eigenvalue weighted by molar-refractivity contribution is -0.384. The van der Waals surface area contributed by atoms with Crippen molar-refractivity contribution in [3.63, 3.8) is 0 Å². The van der Waals surface area contributed by atoms with Crippen LogP contribution < -0.4 is 5.32 Å². The van der Waals surface area contributed by atoms with Crippen LogP contribution in [-0.4, -0.2) is 27.5 Å². The highest BCUT2D eigenvalue weighted by Gasteiger charge is 2.36.